The van der Waals surface area contributed by atoms with Crippen LogP contribution in [0.3, 0.4) is 0 Å². The van der Waals surface area contributed by atoms with Gasteiger partial charge in [-0.2, -0.15) is 0 Å². The van der Waals surface area contributed by atoms with Gasteiger partial charge in [-0.05, 0) is 63.6 Å². The lowest BCUT2D eigenvalue weighted by Crippen LogP contribution is -2.40. The summed E-state index contributed by atoms with van der Waals surface area (Å²) in [4.78, 5) is 24.3. The van der Waals surface area contributed by atoms with Gasteiger partial charge in [-0.3, -0.25) is 14.9 Å². The summed E-state index contributed by atoms with van der Waals surface area (Å²) in [6.45, 7) is 0. The third-order valence-corrected chi connectivity index (χ3v) is 6.62. The number of carbonyl (C=O) groups excluding carboxylic acids is 1. The van der Waals surface area contributed by atoms with Crippen LogP contribution >= 0.6 is 11.6 Å². The average molecular weight is 448 g/mol. The molecule has 0 aliphatic heterocycles. The molecule has 7 heteroatoms. The smallest absolute Gasteiger partial charge is 0.319 e. The second-order valence-electron chi connectivity index (χ2n) is 7.99. The van der Waals surface area contributed by atoms with Gasteiger partial charge in [0.05, 0.1) is 12.0 Å². The van der Waals surface area contributed by atoms with Crippen molar-refractivity contribution in [3.63, 3.8) is 0 Å². The van der Waals surface area contributed by atoms with Gasteiger partial charge in [0.2, 0.25) is 0 Å². The number of methoxy groups -OCH3 is 1. The van der Waals surface area contributed by atoms with E-state index in [-0.39, 0.29) is 12.1 Å². The van der Waals surface area contributed by atoms with Crippen molar-refractivity contribution < 1.29 is 19.6 Å². The normalized spacial score (nSPS) is 20.9. The van der Waals surface area contributed by atoms with Gasteiger partial charge in [-0.15, -0.1) is 0 Å². The molecule has 2 aliphatic carbocycles. The molecule has 0 heterocycles. The van der Waals surface area contributed by atoms with E-state index in [1.54, 1.807) is 24.3 Å². The maximum atomic E-state index is 13.3. The molecule has 0 aromatic heterocycles. The zero-order chi connectivity index (χ0) is 22.6. The van der Waals surface area contributed by atoms with Crippen molar-refractivity contribution in [1.29, 1.82) is 0 Å². The molecule has 0 fully saturated rings. The largest absolute Gasteiger partial charge is 0.468 e. The van der Waals surface area contributed by atoms with Gasteiger partial charge in [0, 0.05) is 17.2 Å². The molecular formula is C25H18ClNO5. The molecule has 32 heavy (non-hydrogen) atoms. The van der Waals surface area contributed by atoms with Crippen LogP contribution in [0.4, 0.5) is 5.69 Å². The van der Waals surface area contributed by atoms with Crippen LogP contribution in [0, 0.1) is 15.5 Å². The van der Waals surface area contributed by atoms with Crippen molar-refractivity contribution in [3.05, 3.63) is 110 Å². The summed E-state index contributed by atoms with van der Waals surface area (Å²) >= 11 is 6.30. The summed E-state index contributed by atoms with van der Waals surface area (Å²) in [6, 6.07) is 19.2. The Bertz CT molecular complexity index is 1330. The first kappa shape index (κ1) is 20.4. The van der Waals surface area contributed by atoms with Crippen LogP contribution in [0.2, 0.25) is 5.02 Å². The average Bonchev–Trinajstić information content (AvgIpc) is 3.05. The maximum Gasteiger partial charge on any atom is 0.319 e. The van der Waals surface area contributed by atoms with Crippen LogP contribution in [0.5, 0.6) is 0 Å². The number of carbonyl (C=O) groups is 1. The molecular weight excluding hydrogens is 430 g/mol. The third kappa shape index (κ3) is 2.73. The number of esters is 1. The van der Waals surface area contributed by atoms with Crippen molar-refractivity contribution in [2.45, 2.75) is 12.5 Å². The molecule has 6 nitrogen and oxygen atoms in total. The molecule has 0 bridgehead atoms. The highest BCUT2D eigenvalue weighted by molar-refractivity contribution is 6.31. The lowest BCUT2D eigenvalue weighted by Gasteiger charge is -2.37. The number of non-ortho nitro benzene ring substituents is 1. The molecule has 3 aromatic carbocycles. The topological polar surface area (TPSA) is 89.7 Å². The fraction of sp³-hybridized carbons (Fsp3) is 0.160. The second kappa shape index (κ2) is 7.29. The monoisotopic (exact) mass is 447 g/mol. The Morgan fingerprint density at radius 3 is 2.62 bits per heavy atom. The Labute approximate surface area is 188 Å². The van der Waals surface area contributed by atoms with E-state index in [2.05, 4.69) is 0 Å². The number of nitro groups is 1. The summed E-state index contributed by atoms with van der Waals surface area (Å²) in [5, 5.41) is 23.4. The number of aliphatic hydroxyl groups excluding tert-OH is 1. The number of nitrogens with zero attached hydrogens (tertiary/aromatic N) is 1. The first-order valence-corrected chi connectivity index (χ1v) is 10.4. The van der Waals surface area contributed by atoms with Crippen LogP contribution in [-0.2, 0) is 16.0 Å². The predicted molar refractivity (Wildman–Crippen MR) is 120 cm³/mol. The van der Waals surface area contributed by atoms with E-state index in [1.165, 1.54) is 19.2 Å². The molecule has 2 aliphatic rings. The molecule has 0 saturated heterocycles. The zero-order valence-corrected chi connectivity index (χ0v) is 17.8. The Morgan fingerprint density at radius 2 is 1.91 bits per heavy atom. The van der Waals surface area contributed by atoms with E-state index in [0.29, 0.717) is 27.3 Å². The molecule has 1 N–H and O–H groups in total. The lowest BCUT2D eigenvalue weighted by molar-refractivity contribution is -0.384. The first-order valence-electron chi connectivity index (χ1n) is 10.0. The summed E-state index contributed by atoms with van der Waals surface area (Å²) in [5.74, 6) is -0.590. The van der Waals surface area contributed by atoms with Gasteiger partial charge in [0.15, 0.2) is 0 Å². The molecule has 0 amide bonds. The Morgan fingerprint density at radius 1 is 1.12 bits per heavy atom. The molecule has 3 aromatic rings. The second-order valence-corrected chi connectivity index (χ2v) is 8.42. The van der Waals surface area contributed by atoms with Gasteiger partial charge >= 0.3 is 5.97 Å². The number of ether oxygens (including phenoxy) is 1. The number of benzene rings is 3. The van der Waals surface area contributed by atoms with Gasteiger partial charge in [-0.25, -0.2) is 0 Å². The molecule has 0 radical (unpaired) electrons. The summed E-state index contributed by atoms with van der Waals surface area (Å²) in [5.41, 5.74) is 3.32. The SMILES string of the molecule is COC(=O)C12Cc3cc([N+](=O)[O-])ccc3C(c3cccc(Cl)c3)=C1c1ccccc1C2O. The Balaban J connectivity index is 1.94. The number of rotatable bonds is 3. The molecule has 2 unspecified atom stereocenters. The van der Waals surface area contributed by atoms with Crippen molar-refractivity contribution in [1.82, 2.24) is 0 Å². The van der Waals surface area contributed by atoms with Crippen LogP contribution in [0.1, 0.15) is 33.9 Å². The number of hydrogen-bond donors (Lipinski definition) is 1. The van der Waals surface area contributed by atoms with Crippen LogP contribution in [0.25, 0.3) is 11.1 Å². The summed E-state index contributed by atoms with van der Waals surface area (Å²) in [7, 11) is 1.28. The van der Waals surface area contributed by atoms with Crippen LogP contribution in [-0.4, -0.2) is 23.1 Å². The summed E-state index contributed by atoms with van der Waals surface area (Å²) < 4.78 is 5.20. The molecule has 0 spiro atoms. The van der Waals surface area contributed by atoms with E-state index in [9.17, 15) is 20.0 Å². The van der Waals surface area contributed by atoms with Crippen molar-refractivity contribution in [3.8, 4) is 0 Å². The fourth-order valence-electron chi connectivity index (χ4n) is 5.08. The van der Waals surface area contributed by atoms with E-state index < -0.39 is 22.4 Å². The number of aliphatic hydroxyl groups is 1. The van der Waals surface area contributed by atoms with E-state index in [4.69, 9.17) is 16.3 Å². The number of hydrogen-bond acceptors (Lipinski definition) is 5. The first-order chi connectivity index (χ1) is 15.4. The van der Waals surface area contributed by atoms with E-state index in [0.717, 1.165) is 16.7 Å². The van der Waals surface area contributed by atoms with E-state index >= 15 is 0 Å². The summed E-state index contributed by atoms with van der Waals surface area (Å²) in [6.07, 6.45) is -1.09. The Hall–Kier alpha value is -3.48. The number of halogens is 1. The molecule has 5 rings (SSSR count). The van der Waals surface area contributed by atoms with Crippen molar-refractivity contribution in [2.75, 3.05) is 7.11 Å². The fourth-order valence-corrected chi connectivity index (χ4v) is 5.27. The molecule has 160 valence electrons. The van der Waals surface area contributed by atoms with Gasteiger partial charge < -0.3 is 9.84 Å². The zero-order valence-electron chi connectivity index (χ0n) is 17.0. The predicted octanol–water partition coefficient (Wildman–Crippen LogP) is 4.97. The van der Waals surface area contributed by atoms with Crippen molar-refractivity contribution >= 4 is 34.4 Å². The van der Waals surface area contributed by atoms with Gasteiger partial charge in [0.25, 0.3) is 5.69 Å². The Kier molecular flexibility index (Phi) is 4.65. The highest BCUT2D eigenvalue weighted by Gasteiger charge is 2.58. The third-order valence-electron chi connectivity index (χ3n) is 6.39. The quantitative estimate of drug-likeness (QED) is 0.348. The number of fused-ring (bicyclic) bond motifs is 4. The molecule has 2 atom stereocenters. The minimum Gasteiger partial charge on any atom is -0.468 e. The van der Waals surface area contributed by atoms with Gasteiger partial charge in [-0.1, -0.05) is 48.0 Å². The lowest BCUT2D eigenvalue weighted by atomic mass is 9.65. The highest BCUT2D eigenvalue weighted by atomic mass is 35.5. The van der Waals surface area contributed by atoms with Crippen molar-refractivity contribution in [2.24, 2.45) is 5.41 Å². The van der Waals surface area contributed by atoms with Crippen LogP contribution in [0.15, 0.2) is 66.7 Å². The standard InChI is InChI=1S/C25H18ClNO5/c1-32-24(29)25-13-15-12-17(27(30)31)9-10-18(15)21(14-5-4-6-16(26)11-14)22(25)19-7-2-3-8-20(19)23(25)28/h2-12,23,28H,13H2,1H3. The number of nitro benzene ring substituents is 1. The van der Waals surface area contributed by atoms with Crippen LogP contribution < -0.4 is 0 Å². The maximum absolute atomic E-state index is 13.3. The van der Waals surface area contributed by atoms with E-state index in [1.807, 2.05) is 30.3 Å². The highest BCUT2D eigenvalue weighted by Crippen LogP contribution is 2.62. The molecule has 0 saturated carbocycles. The van der Waals surface area contributed by atoms with Gasteiger partial charge in [0.1, 0.15) is 11.5 Å². The minimum atomic E-state index is -1.43. The minimum absolute atomic E-state index is 0.0753.